The van der Waals surface area contributed by atoms with Crippen LogP contribution >= 0.6 is 11.6 Å². The minimum Gasteiger partial charge on any atom is -0.465 e. The predicted molar refractivity (Wildman–Crippen MR) is 107 cm³/mol. The molecule has 0 bridgehead atoms. The van der Waals surface area contributed by atoms with Crippen LogP contribution in [-0.4, -0.2) is 18.5 Å². The summed E-state index contributed by atoms with van der Waals surface area (Å²) in [5, 5.41) is 0.392. The smallest absolute Gasteiger partial charge is 0.315 e. The molecule has 2 unspecified atom stereocenters. The van der Waals surface area contributed by atoms with Crippen molar-refractivity contribution in [3.05, 3.63) is 29.3 Å². The Balaban J connectivity index is 1.82. The molecule has 0 amide bonds. The number of carbonyl (C=O) groups is 2. The van der Waals surface area contributed by atoms with Gasteiger partial charge in [-0.25, -0.2) is 0 Å². The molecule has 2 rings (SSSR count). The lowest BCUT2D eigenvalue weighted by Crippen LogP contribution is -2.36. The second kappa shape index (κ2) is 12.0. The van der Waals surface area contributed by atoms with Crippen molar-refractivity contribution in [3.8, 4) is 5.75 Å². The van der Waals surface area contributed by atoms with Crippen molar-refractivity contribution in [3.63, 3.8) is 0 Å². The van der Waals surface area contributed by atoms with E-state index in [-0.39, 0.29) is 11.9 Å². The number of para-hydroxylation sites is 1. The second-order valence-corrected chi connectivity index (χ2v) is 7.69. The number of ether oxygens (including phenoxy) is 2. The van der Waals surface area contributed by atoms with Crippen LogP contribution in [0.1, 0.15) is 71.1 Å². The van der Waals surface area contributed by atoms with Gasteiger partial charge in [-0.15, -0.1) is 0 Å². The lowest BCUT2D eigenvalue weighted by Gasteiger charge is -2.28. The van der Waals surface area contributed by atoms with Crippen molar-refractivity contribution in [1.82, 2.24) is 0 Å². The normalized spacial score (nSPS) is 19.5. The molecule has 1 aliphatic carbocycles. The maximum absolute atomic E-state index is 12.6. The summed E-state index contributed by atoms with van der Waals surface area (Å²) in [7, 11) is 0. The highest BCUT2D eigenvalue weighted by Gasteiger charge is 2.38. The van der Waals surface area contributed by atoms with Crippen molar-refractivity contribution in [2.75, 3.05) is 6.61 Å². The van der Waals surface area contributed by atoms with E-state index in [2.05, 4.69) is 6.92 Å². The summed E-state index contributed by atoms with van der Waals surface area (Å²) in [4.78, 5) is 25.1. The van der Waals surface area contributed by atoms with Gasteiger partial charge in [0, 0.05) is 0 Å². The summed E-state index contributed by atoms with van der Waals surface area (Å²) < 4.78 is 10.9. The van der Waals surface area contributed by atoms with Crippen LogP contribution in [0.25, 0.3) is 0 Å². The molecule has 1 fully saturated rings. The molecule has 0 aliphatic heterocycles. The van der Waals surface area contributed by atoms with Gasteiger partial charge in [-0.3, -0.25) is 9.59 Å². The molecule has 0 aromatic heterocycles. The van der Waals surface area contributed by atoms with E-state index in [0.717, 1.165) is 25.7 Å². The molecule has 0 heterocycles. The number of halogens is 1. The Morgan fingerprint density at radius 3 is 2.30 bits per heavy atom. The van der Waals surface area contributed by atoms with Crippen molar-refractivity contribution in [2.24, 2.45) is 11.8 Å². The minimum atomic E-state index is -0.452. The van der Waals surface area contributed by atoms with E-state index < -0.39 is 11.8 Å². The fourth-order valence-corrected chi connectivity index (χ4v) is 3.74. The van der Waals surface area contributed by atoms with E-state index in [0.29, 0.717) is 30.2 Å². The van der Waals surface area contributed by atoms with Gasteiger partial charge in [0.05, 0.1) is 23.5 Å². The summed E-state index contributed by atoms with van der Waals surface area (Å²) in [6.07, 6.45) is 10.1. The van der Waals surface area contributed by atoms with Crippen LogP contribution < -0.4 is 4.74 Å². The molecule has 4 nitrogen and oxygen atoms in total. The van der Waals surface area contributed by atoms with Crippen LogP contribution in [0.3, 0.4) is 0 Å². The van der Waals surface area contributed by atoms with E-state index in [1.807, 2.05) is 0 Å². The van der Waals surface area contributed by atoms with Gasteiger partial charge < -0.3 is 9.47 Å². The fourth-order valence-electron chi connectivity index (χ4n) is 3.57. The topological polar surface area (TPSA) is 52.6 Å². The lowest BCUT2D eigenvalue weighted by atomic mass is 9.79. The summed E-state index contributed by atoms with van der Waals surface area (Å²) in [6.45, 7) is 2.63. The zero-order chi connectivity index (χ0) is 19.5. The molecular formula is C22H31ClO4. The number of hydrogen-bond donors (Lipinski definition) is 0. The minimum absolute atomic E-state index is 0.260. The van der Waals surface area contributed by atoms with Crippen molar-refractivity contribution >= 4 is 23.5 Å². The summed E-state index contributed by atoms with van der Waals surface area (Å²) in [6, 6.07) is 6.89. The lowest BCUT2D eigenvalue weighted by molar-refractivity contribution is -0.158. The zero-order valence-electron chi connectivity index (χ0n) is 16.3. The number of hydrogen-bond acceptors (Lipinski definition) is 4. The monoisotopic (exact) mass is 394 g/mol. The summed E-state index contributed by atoms with van der Waals surface area (Å²) in [5.74, 6) is -1.16. The molecule has 0 spiro atoms. The number of rotatable bonds is 10. The highest BCUT2D eigenvalue weighted by molar-refractivity contribution is 6.32. The van der Waals surface area contributed by atoms with Gasteiger partial charge >= 0.3 is 11.9 Å². The first-order chi connectivity index (χ1) is 13.1. The van der Waals surface area contributed by atoms with E-state index in [9.17, 15) is 9.59 Å². The molecule has 5 heteroatoms. The molecule has 1 aromatic rings. The molecule has 0 saturated heterocycles. The highest BCUT2D eigenvalue weighted by atomic mass is 35.5. The van der Waals surface area contributed by atoms with Gasteiger partial charge in [-0.05, 0) is 31.4 Å². The van der Waals surface area contributed by atoms with Crippen LogP contribution in [0.4, 0.5) is 0 Å². The molecule has 0 N–H and O–H groups in total. The maximum atomic E-state index is 12.6. The first-order valence-corrected chi connectivity index (χ1v) is 10.6. The number of carbonyl (C=O) groups excluding carboxylic acids is 2. The number of unbranched alkanes of at least 4 members (excludes halogenated alkanes) is 5. The molecule has 2 atom stereocenters. The molecule has 1 aliphatic rings. The van der Waals surface area contributed by atoms with Gasteiger partial charge in [-0.1, -0.05) is 75.6 Å². The Morgan fingerprint density at radius 1 is 0.963 bits per heavy atom. The standard InChI is InChI=1S/C22H31ClO4/c1-2-3-4-5-6-11-16-26-21(24)17-12-7-8-13-18(17)22(25)27-20-15-10-9-14-19(20)23/h9-10,14-15,17-18H,2-8,11-13,16H2,1H3. The Morgan fingerprint density at radius 2 is 1.59 bits per heavy atom. The van der Waals surface area contributed by atoms with Crippen LogP contribution in [0.15, 0.2) is 24.3 Å². The van der Waals surface area contributed by atoms with Crippen LogP contribution in [0.5, 0.6) is 5.75 Å². The largest absolute Gasteiger partial charge is 0.465 e. The summed E-state index contributed by atoms with van der Waals surface area (Å²) >= 11 is 6.07. The van der Waals surface area contributed by atoms with E-state index in [1.165, 1.54) is 25.7 Å². The van der Waals surface area contributed by atoms with Crippen LogP contribution in [0.2, 0.25) is 5.02 Å². The Hall–Kier alpha value is -1.55. The molecule has 150 valence electrons. The third kappa shape index (κ3) is 7.17. The van der Waals surface area contributed by atoms with Crippen molar-refractivity contribution in [1.29, 1.82) is 0 Å². The Labute approximate surface area is 167 Å². The third-order valence-corrected chi connectivity index (χ3v) is 5.47. The Kier molecular flexibility index (Phi) is 9.68. The van der Waals surface area contributed by atoms with Gasteiger partial charge in [0.25, 0.3) is 0 Å². The van der Waals surface area contributed by atoms with E-state index in [1.54, 1.807) is 24.3 Å². The van der Waals surface area contributed by atoms with Gasteiger partial charge in [0.2, 0.25) is 0 Å². The zero-order valence-corrected chi connectivity index (χ0v) is 17.0. The highest BCUT2D eigenvalue weighted by Crippen LogP contribution is 2.33. The summed E-state index contributed by atoms with van der Waals surface area (Å²) in [5.41, 5.74) is 0. The van der Waals surface area contributed by atoms with Gasteiger partial charge in [0.15, 0.2) is 0 Å². The number of benzene rings is 1. The second-order valence-electron chi connectivity index (χ2n) is 7.28. The average Bonchev–Trinajstić information content (AvgIpc) is 2.69. The SMILES string of the molecule is CCCCCCCCOC(=O)C1CCCCC1C(=O)Oc1ccccc1Cl. The molecule has 1 saturated carbocycles. The first kappa shape index (κ1) is 21.7. The molecule has 1 aromatic carbocycles. The third-order valence-electron chi connectivity index (χ3n) is 5.16. The molecule has 0 radical (unpaired) electrons. The van der Waals surface area contributed by atoms with Gasteiger partial charge in [-0.2, -0.15) is 0 Å². The quantitative estimate of drug-likeness (QED) is 0.279. The van der Waals surface area contributed by atoms with E-state index in [4.69, 9.17) is 21.1 Å². The maximum Gasteiger partial charge on any atom is 0.315 e. The van der Waals surface area contributed by atoms with Crippen LogP contribution in [-0.2, 0) is 14.3 Å². The predicted octanol–water partition coefficient (Wildman–Crippen LogP) is 5.96. The Bertz CT molecular complexity index is 602. The number of esters is 2. The fraction of sp³-hybridized carbons (Fsp3) is 0.636. The molecular weight excluding hydrogens is 364 g/mol. The van der Waals surface area contributed by atoms with Crippen LogP contribution in [0, 0.1) is 11.8 Å². The van der Waals surface area contributed by atoms with Crippen molar-refractivity contribution < 1.29 is 19.1 Å². The first-order valence-electron chi connectivity index (χ1n) is 10.3. The van der Waals surface area contributed by atoms with Crippen molar-refractivity contribution in [2.45, 2.75) is 71.1 Å². The van der Waals surface area contributed by atoms with E-state index >= 15 is 0 Å². The van der Waals surface area contributed by atoms with Gasteiger partial charge in [0.1, 0.15) is 5.75 Å². The average molecular weight is 395 g/mol. The molecule has 27 heavy (non-hydrogen) atoms.